The number of H-pyrrole nitrogens is 1. The Morgan fingerprint density at radius 2 is 1.71 bits per heavy atom. The normalized spacial score (nSPS) is 15.6. The summed E-state index contributed by atoms with van der Waals surface area (Å²) in [6, 6.07) is 8.05. The summed E-state index contributed by atoms with van der Waals surface area (Å²) in [5, 5.41) is 0. The van der Waals surface area contributed by atoms with Gasteiger partial charge >= 0.3 is 0 Å². The minimum atomic E-state index is -3.57. The molecule has 0 spiro atoms. The lowest BCUT2D eigenvalue weighted by atomic mass is 10.0. The highest BCUT2D eigenvalue weighted by Gasteiger charge is 2.29. The number of benzene rings is 1. The zero-order chi connectivity index (χ0) is 20.5. The van der Waals surface area contributed by atoms with E-state index in [1.54, 1.807) is 49.1 Å². The molecule has 150 valence electrons. The van der Waals surface area contributed by atoms with E-state index in [1.807, 2.05) is 0 Å². The first-order chi connectivity index (χ1) is 13.2. The number of aryl methyl sites for hydroxylation is 1. The number of sulfonamides is 1. The molecular formula is C20H25N3O4S. The van der Waals surface area contributed by atoms with Crippen LogP contribution >= 0.6 is 0 Å². The van der Waals surface area contributed by atoms with Crippen LogP contribution in [-0.4, -0.2) is 49.1 Å². The Labute approximate surface area is 165 Å². The molecule has 1 amide bonds. The molecule has 0 saturated carbocycles. The number of hydrogen-bond donors (Lipinski definition) is 2. The van der Waals surface area contributed by atoms with Crippen LogP contribution in [0.3, 0.4) is 0 Å². The van der Waals surface area contributed by atoms with Crippen molar-refractivity contribution in [1.82, 2.24) is 14.6 Å². The number of piperidine rings is 1. The fourth-order valence-electron chi connectivity index (χ4n) is 3.74. The second-order valence-corrected chi connectivity index (χ2v) is 8.90. The molecule has 2 N–H and O–H groups in total. The number of nitrogens with zero attached hydrogens (tertiary/aromatic N) is 1. The van der Waals surface area contributed by atoms with Crippen molar-refractivity contribution < 1.29 is 18.0 Å². The van der Waals surface area contributed by atoms with Crippen molar-refractivity contribution in [1.29, 1.82) is 0 Å². The molecule has 7 nitrogen and oxygen atoms in total. The van der Waals surface area contributed by atoms with Crippen molar-refractivity contribution >= 4 is 21.7 Å². The lowest BCUT2D eigenvalue weighted by Gasteiger charge is -2.32. The molecule has 0 bridgehead atoms. The minimum absolute atomic E-state index is 0.0701. The third-order valence-electron chi connectivity index (χ3n) is 5.16. The minimum Gasteiger partial charge on any atom is -0.354 e. The molecule has 1 aromatic carbocycles. The van der Waals surface area contributed by atoms with Crippen molar-refractivity contribution in [3.63, 3.8) is 0 Å². The van der Waals surface area contributed by atoms with Gasteiger partial charge in [0.2, 0.25) is 10.0 Å². The summed E-state index contributed by atoms with van der Waals surface area (Å²) in [5.41, 5.74) is 2.36. The van der Waals surface area contributed by atoms with Crippen LogP contribution < -0.4 is 4.72 Å². The molecule has 28 heavy (non-hydrogen) atoms. The summed E-state index contributed by atoms with van der Waals surface area (Å²) in [6.45, 7) is 5.95. The molecule has 1 aliphatic rings. The molecule has 2 heterocycles. The standard InChI is InChI=1S/C20H25N3O4S/c1-13-18(15(3)24)14(2)21-19(13)20(25)23-11-9-16(10-12-23)22-28(26,27)17-7-5-4-6-8-17/h4-8,16,21-22H,9-12H2,1-3H3. The van der Waals surface area contributed by atoms with E-state index in [0.29, 0.717) is 48.4 Å². The first kappa shape index (κ1) is 20.3. The summed E-state index contributed by atoms with van der Waals surface area (Å²) in [7, 11) is -3.57. The van der Waals surface area contributed by atoms with Gasteiger partial charge in [-0.3, -0.25) is 9.59 Å². The second kappa shape index (κ2) is 7.89. The number of likely N-dealkylation sites (tertiary alicyclic amines) is 1. The lowest BCUT2D eigenvalue weighted by Crippen LogP contribution is -2.46. The van der Waals surface area contributed by atoms with Crippen molar-refractivity contribution in [2.75, 3.05) is 13.1 Å². The summed E-state index contributed by atoms with van der Waals surface area (Å²) in [5.74, 6) is -0.225. The second-order valence-electron chi connectivity index (χ2n) is 7.18. The Hall–Kier alpha value is -2.45. The number of amides is 1. The Balaban J connectivity index is 1.65. The summed E-state index contributed by atoms with van der Waals surface area (Å²) < 4.78 is 27.6. The number of rotatable bonds is 5. The smallest absolute Gasteiger partial charge is 0.270 e. The zero-order valence-corrected chi connectivity index (χ0v) is 17.1. The van der Waals surface area contributed by atoms with Gasteiger partial charge in [0, 0.05) is 30.4 Å². The van der Waals surface area contributed by atoms with Gasteiger partial charge in [0.1, 0.15) is 5.69 Å². The van der Waals surface area contributed by atoms with Crippen molar-refractivity contribution in [2.24, 2.45) is 0 Å². The number of Topliss-reactive ketones (excluding diaryl/α,β-unsaturated/α-hetero) is 1. The average molecular weight is 404 g/mol. The van der Waals surface area contributed by atoms with Gasteiger partial charge in [-0.15, -0.1) is 0 Å². The van der Waals surface area contributed by atoms with E-state index >= 15 is 0 Å². The number of carbonyl (C=O) groups excluding carboxylic acids is 2. The highest BCUT2D eigenvalue weighted by Crippen LogP contribution is 2.22. The molecule has 2 aromatic rings. The third-order valence-corrected chi connectivity index (χ3v) is 6.70. The van der Waals surface area contributed by atoms with Crippen molar-refractivity contribution in [2.45, 2.75) is 44.6 Å². The molecule has 0 unspecified atom stereocenters. The fourth-order valence-corrected chi connectivity index (χ4v) is 5.06. The van der Waals surface area contributed by atoms with Gasteiger partial charge in [0.15, 0.2) is 5.78 Å². The van der Waals surface area contributed by atoms with Gasteiger partial charge in [-0.25, -0.2) is 13.1 Å². The maximum atomic E-state index is 12.9. The van der Waals surface area contributed by atoms with Gasteiger partial charge in [-0.2, -0.15) is 0 Å². The van der Waals surface area contributed by atoms with Crippen LogP contribution in [0.25, 0.3) is 0 Å². The summed E-state index contributed by atoms with van der Waals surface area (Å²) in [4.78, 5) is 29.6. The maximum absolute atomic E-state index is 12.9. The molecule has 3 rings (SSSR count). The molecule has 8 heteroatoms. The van der Waals surface area contributed by atoms with Crippen LogP contribution in [0.2, 0.25) is 0 Å². The van der Waals surface area contributed by atoms with Crippen LogP contribution in [0.4, 0.5) is 0 Å². The molecule has 1 saturated heterocycles. The summed E-state index contributed by atoms with van der Waals surface area (Å²) in [6.07, 6.45) is 1.08. The number of aromatic amines is 1. The van der Waals surface area contributed by atoms with Crippen LogP contribution in [0.1, 0.15) is 51.9 Å². The lowest BCUT2D eigenvalue weighted by molar-refractivity contribution is 0.0705. The highest BCUT2D eigenvalue weighted by molar-refractivity contribution is 7.89. The third kappa shape index (κ3) is 4.02. The van der Waals surface area contributed by atoms with Crippen molar-refractivity contribution in [3.05, 3.63) is 52.8 Å². The quantitative estimate of drug-likeness (QED) is 0.749. The van der Waals surface area contributed by atoms with Crippen LogP contribution in [0, 0.1) is 13.8 Å². The molecule has 1 aromatic heterocycles. The summed E-state index contributed by atoms with van der Waals surface area (Å²) >= 11 is 0. The molecular weight excluding hydrogens is 378 g/mol. The Kier molecular flexibility index (Phi) is 5.71. The van der Waals surface area contributed by atoms with E-state index in [9.17, 15) is 18.0 Å². The molecule has 0 radical (unpaired) electrons. The first-order valence-corrected chi connectivity index (χ1v) is 10.8. The predicted molar refractivity (Wildman–Crippen MR) is 106 cm³/mol. The van der Waals surface area contributed by atoms with Crippen LogP contribution in [0.15, 0.2) is 35.2 Å². The van der Waals surface area contributed by atoms with Crippen LogP contribution in [-0.2, 0) is 10.0 Å². The van der Waals surface area contributed by atoms with E-state index in [-0.39, 0.29) is 22.6 Å². The van der Waals surface area contributed by atoms with E-state index < -0.39 is 10.0 Å². The maximum Gasteiger partial charge on any atom is 0.270 e. The Morgan fingerprint density at radius 3 is 2.25 bits per heavy atom. The monoisotopic (exact) mass is 403 g/mol. The molecule has 1 fully saturated rings. The number of hydrogen-bond acceptors (Lipinski definition) is 4. The first-order valence-electron chi connectivity index (χ1n) is 9.27. The number of aromatic nitrogens is 1. The van der Waals surface area contributed by atoms with E-state index in [0.717, 1.165) is 0 Å². The largest absolute Gasteiger partial charge is 0.354 e. The average Bonchev–Trinajstić information content (AvgIpc) is 2.96. The number of nitrogens with one attached hydrogen (secondary N) is 2. The highest BCUT2D eigenvalue weighted by atomic mass is 32.2. The fraction of sp³-hybridized carbons (Fsp3) is 0.400. The Morgan fingerprint density at radius 1 is 1.11 bits per heavy atom. The Bertz CT molecular complexity index is 988. The molecule has 1 aliphatic heterocycles. The van der Waals surface area contributed by atoms with Gasteiger partial charge in [-0.1, -0.05) is 18.2 Å². The van der Waals surface area contributed by atoms with Crippen LogP contribution in [0.5, 0.6) is 0 Å². The number of carbonyl (C=O) groups is 2. The van der Waals surface area contributed by atoms with Gasteiger partial charge in [-0.05, 0) is 51.3 Å². The topological polar surface area (TPSA) is 99.3 Å². The van der Waals surface area contributed by atoms with Gasteiger partial charge < -0.3 is 9.88 Å². The zero-order valence-electron chi connectivity index (χ0n) is 16.3. The molecule has 0 aliphatic carbocycles. The van der Waals surface area contributed by atoms with E-state index in [4.69, 9.17) is 0 Å². The SMILES string of the molecule is CC(=O)c1c(C)[nH]c(C(=O)N2CCC(NS(=O)(=O)c3ccccc3)CC2)c1C. The number of ketones is 1. The molecule has 0 atom stereocenters. The van der Waals surface area contributed by atoms with E-state index in [1.165, 1.54) is 6.92 Å². The van der Waals surface area contributed by atoms with E-state index in [2.05, 4.69) is 9.71 Å². The van der Waals surface area contributed by atoms with Gasteiger partial charge in [0.25, 0.3) is 5.91 Å². The predicted octanol–water partition coefficient (Wildman–Crippen LogP) is 2.42. The van der Waals surface area contributed by atoms with Crippen molar-refractivity contribution in [3.8, 4) is 0 Å². The van der Waals surface area contributed by atoms with Gasteiger partial charge in [0.05, 0.1) is 4.90 Å².